The van der Waals surface area contributed by atoms with Crippen LogP contribution in [0.5, 0.6) is 0 Å². The van der Waals surface area contributed by atoms with Crippen LogP contribution in [0.1, 0.15) is 17.4 Å². The summed E-state index contributed by atoms with van der Waals surface area (Å²) in [4.78, 5) is 36.3. The number of aryl methyl sites for hydroxylation is 1. The van der Waals surface area contributed by atoms with E-state index in [1.54, 1.807) is 24.7 Å². The van der Waals surface area contributed by atoms with Gasteiger partial charge in [0.05, 0.1) is 5.02 Å². The molecule has 2 heterocycles. The number of imide groups is 1. The molecule has 1 fully saturated rings. The topological polar surface area (TPSA) is 71.4 Å². The zero-order valence-corrected chi connectivity index (χ0v) is 10.7. The molecule has 96 valence electrons. The largest absolute Gasteiger partial charge is 0.345 e. The van der Waals surface area contributed by atoms with Crippen molar-refractivity contribution in [1.82, 2.24) is 14.8 Å². The molecular formula is C11H12ClN3O3. The van der Waals surface area contributed by atoms with Crippen molar-refractivity contribution in [3.05, 3.63) is 23.0 Å². The van der Waals surface area contributed by atoms with Crippen LogP contribution in [0.3, 0.4) is 0 Å². The summed E-state index contributed by atoms with van der Waals surface area (Å²) in [6.45, 7) is 1.44. The number of carbonyl (C=O) groups is 3. The molecule has 6 nitrogen and oxygen atoms in total. The van der Waals surface area contributed by atoms with Gasteiger partial charge in [-0.05, 0) is 13.0 Å². The molecule has 1 aromatic rings. The number of nitrogens with zero attached hydrogens (tertiary/aromatic N) is 2. The van der Waals surface area contributed by atoms with Crippen LogP contribution in [-0.4, -0.2) is 39.8 Å². The Morgan fingerprint density at radius 2 is 2.17 bits per heavy atom. The number of aromatic nitrogens is 1. The van der Waals surface area contributed by atoms with Gasteiger partial charge in [0.25, 0.3) is 5.91 Å². The highest BCUT2D eigenvalue weighted by molar-refractivity contribution is 6.31. The van der Waals surface area contributed by atoms with Crippen molar-refractivity contribution in [2.45, 2.75) is 13.0 Å². The van der Waals surface area contributed by atoms with Gasteiger partial charge in [-0.25, -0.2) is 0 Å². The van der Waals surface area contributed by atoms with Crippen LogP contribution in [0.2, 0.25) is 5.02 Å². The summed E-state index contributed by atoms with van der Waals surface area (Å²) in [6, 6.07) is 0.831. The van der Waals surface area contributed by atoms with Crippen LogP contribution >= 0.6 is 11.6 Å². The van der Waals surface area contributed by atoms with Crippen molar-refractivity contribution >= 4 is 29.3 Å². The minimum absolute atomic E-state index is 0.130. The number of nitrogens with one attached hydrogen (secondary N) is 1. The normalized spacial score (nSPS) is 19.9. The van der Waals surface area contributed by atoms with Gasteiger partial charge in [-0.2, -0.15) is 0 Å². The fraction of sp³-hybridized carbons (Fsp3) is 0.364. The van der Waals surface area contributed by atoms with E-state index in [2.05, 4.69) is 5.32 Å². The molecular weight excluding hydrogens is 258 g/mol. The minimum Gasteiger partial charge on any atom is -0.345 e. The molecule has 1 atom stereocenters. The van der Waals surface area contributed by atoms with E-state index in [0.29, 0.717) is 10.7 Å². The number of hydrogen-bond acceptors (Lipinski definition) is 3. The zero-order chi connectivity index (χ0) is 13.4. The van der Waals surface area contributed by atoms with Gasteiger partial charge in [-0.1, -0.05) is 11.6 Å². The molecule has 0 radical (unpaired) electrons. The molecule has 1 unspecified atom stereocenters. The smallest absolute Gasteiger partial charge is 0.271 e. The minimum atomic E-state index is -0.677. The zero-order valence-electron chi connectivity index (χ0n) is 9.94. The summed E-state index contributed by atoms with van der Waals surface area (Å²) >= 11 is 5.80. The van der Waals surface area contributed by atoms with E-state index in [4.69, 9.17) is 11.6 Å². The second kappa shape index (κ2) is 4.45. The molecule has 0 saturated carbocycles. The predicted octanol–water partition coefficient (Wildman–Crippen LogP) is 0.166. The second-order valence-electron chi connectivity index (χ2n) is 4.18. The van der Waals surface area contributed by atoms with Gasteiger partial charge in [0.15, 0.2) is 0 Å². The van der Waals surface area contributed by atoms with Gasteiger partial charge < -0.3 is 9.47 Å². The lowest BCUT2D eigenvalue weighted by Gasteiger charge is -2.31. The first-order chi connectivity index (χ1) is 8.40. The van der Waals surface area contributed by atoms with Crippen LogP contribution < -0.4 is 5.32 Å². The highest BCUT2D eigenvalue weighted by atomic mass is 35.5. The Morgan fingerprint density at radius 1 is 1.50 bits per heavy atom. The Bertz CT molecular complexity index is 538. The van der Waals surface area contributed by atoms with Gasteiger partial charge in [0.1, 0.15) is 18.3 Å². The van der Waals surface area contributed by atoms with Gasteiger partial charge in [0, 0.05) is 13.2 Å². The van der Waals surface area contributed by atoms with Crippen LogP contribution in [0.4, 0.5) is 0 Å². The molecule has 7 heteroatoms. The SMILES string of the molecule is CC1C(=O)NC(=O)CN1C(=O)c1cc(Cl)cn1C. The monoisotopic (exact) mass is 269 g/mol. The highest BCUT2D eigenvalue weighted by Crippen LogP contribution is 2.17. The Labute approximate surface area is 108 Å². The molecule has 0 aromatic carbocycles. The number of piperazine rings is 1. The standard InChI is InChI=1S/C11H12ClN3O3/c1-6-10(17)13-9(16)5-15(6)11(18)8-3-7(12)4-14(8)2/h3-4,6H,5H2,1-2H3,(H,13,16,17). The number of amides is 3. The van der Waals surface area contributed by atoms with Crippen LogP contribution in [0, 0.1) is 0 Å². The molecule has 18 heavy (non-hydrogen) atoms. The lowest BCUT2D eigenvalue weighted by molar-refractivity contribution is -0.138. The van der Waals surface area contributed by atoms with Crippen molar-refractivity contribution < 1.29 is 14.4 Å². The van der Waals surface area contributed by atoms with Crippen molar-refractivity contribution in [1.29, 1.82) is 0 Å². The number of carbonyl (C=O) groups excluding carboxylic acids is 3. The summed E-state index contributed by atoms with van der Waals surface area (Å²) in [5.41, 5.74) is 0.342. The average molecular weight is 270 g/mol. The molecule has 2 rings (SSSR count). The number of halogens is 1. The van der Waals surface area contributed by atoms with E-state index in [-0.39, 0.29) is 12.5 Å². The number of hydrogen-bond donors (Lipinski definition) is 1. The van der Waals surface area contributed by atoms with Crippen LogP contribution in [-0.2, 0) is 16.6 Å². The van der Waals surface area contributed by atoms with Crippen LogP contribution in [0.25, 0.3) is 0 Å². The maximum Gasteiger partial charge on any atom is 0.271 e. The molecule has 1 aromatic heterocycles. The quantitative estimate of drug-likeness (QED) is 0.739. The first kappa shape index (κ1) is 12.6. The van der Waals surface area contributed by atoms with Crippen molar-refractivity contribution in [3.63, 3.8) is 0 Å². The van der Waals surface area contributed by atoms with E-state index in [1.807, 2.05) is 0 Å². The molecule has 0 aliphatic carbocycles. The van der Waals surface area contributed by atoms with E-state index in [1.165, 1.54) is 11.0 Å². The molecule has 1 N–H and O–H groups in total. The average Bonchev–Trinajstić information content (AvgIpc) is 2.62. The molecule has 0 bridgehead atoms. The third kappa shape index (κ3) is 2.11. The van der Waals surface area contributed by atoms with Gasteiger partial charge in [0.2, 0.25) is 11.8 Å². The summed E-state index contributed by atoms with van der Waals surface area (Å²) in [5.74, 6) is -1.34. The summed E-state index contributed by atoms with van der Waals surface area (Å²) in [6.07, 6.45) is 1.59. The molecule has 1 aliphatic rings. The lowest BCUT2D eigenvalue weighted by atomic mass is 10.2. The summed E-state index contributed by atoms with van der Waals surface area (Å²) < 4.78 is 1.56. The third-order valence-corrected chi connectivity index (χ3v) is 3.08. The summed E-state index contributed by atoms with van der Waals surface area (Å²) in [7, 11) is 1.68. The fourth-order valence-corrected chi connectivity index (χ4v) is 2.10. The molecule has 1 saturated heterocycles. The first-order valence-corrected chi connectivity index (χ1v) is 5.74. The number of rotatable bonds is 1. The lowest BCUT2D eigenvalue weighted by Crippen LogP contribution is -2.58. The Hall–Kier alpha value is -1.82. The Kier molecular flexibility index (Phi) is 3.13. The Balaban J connectivity index is 2.30. The van der Waals surface area contributed by atoms with Gasteiger partial charge in [-0.3, -0.25) is 19.7 Å². The predicted molar refractivity (Wildman–Crippen MR) is 64.1 cm³/mol. The van der Waals surface area contributed by atoms with E-state index in [9.17, 15) is 14.4 Å². The highest BCUT2D eigenvalue weighted by Gasteiger charge is 2.34. The summed E-state index contributed by atoms with van der Waals surface area (Å²) in [5, 5.41) is 2.61. The van der Waals surface area contributed by atoms with Gasteiger partial charge in [-0.15, -0.1) is 0 Å². The first-order valence-electron chi connectivity index (χ1n) is 5.36. The maximum absolute atomic E-state index is 12.2. The second-order valence-corrected chi connectivity index (χ2v) is 4.61. The van der Waals surface area contributed by atoms with Crippen molar-refractivity contribution in [2.24, 2.45) is 7.05 Å². The van der Waals surface area contributed by atoms with Crippen LogP contribution in [0.15, 0.2) is 12.3 Å². The van der Waals surface area contributed by atoms with E-state index >= 15 is 0 Å². The van der Waals surface area contributed by atoms with E-state index in [0.717, 1.165) is 0 Å². The Morgan fingerprint density at radius 3 is 2.72 bits per heavy atom. The molecule has 0 spiro atoms. The van der Waals surface area contributed by atoms with Gasteiger partial charge >= 0.3 is 0 Å². The molecule has 3 amide bonds. The molecule has 1 aliphatic heterocycles. The maximum atomic E-state index is 12.2. The van der Waals surface area contributed by atoms with E-state index < -0.39 is 17.9 Å². The van der Waals surface area contributed by atoms with Crippen molar-refractivity contribution in [2.75, 3.05) is 6.54 Å². The third-order valence-electron chi connectivity index (χ3n) is 2.88. The fourth-order valence-electron chi connectivity index (χ4n) is 1.85. The van der Waals surface area contributed by atoms with Crippen molar-refractivity contribution in [3.8, 4) is 0 Å².